The molecule has 19 nitrogen and oxygen atoms in total. The van der Waals surface area contributed by atoms with Crippen molar-refractivity contribution in [3.05, 3.63) is 113 Å². The number of amides is 2. The van der Waals surface area contributed by atoms with Gasteiger partial charge >= 0.3 is 18.0 Å². The lowest BCUT2D eigenvalue weighted by atomic mass is 9.03. The second-order valence-corrected chi connectivity index (χ2v) is 24.1. The summed E-state index contributed by atoms with van der Waals surface area (Å²) in [6.45, 7) is 9.20. The number of carboxylic acids is 2. The van der Waals surface area contributed by atoms with Gasteiger partial charge in [-0.1, -0.05) is 56.3 Å². The molecule has 20 heteroatoms. The quantitative estimate of drug-likeness (QED) is 0.0242. The van der Waals surface area contributed by atoms with Gasteiger partial charge in [0.2, 0.25) is 5.91 Å². The number of likely N-dealkylation sites (N-methyl/N-ethyl adjacent to an activating group) is 1. The first-order valence-electron chi connectivity index (χ1n) is 27.7. The lowest BCUT2D eigenvalue weighted by molar-refractivity contribution is -0.566. The molecule has 2 amide bonds. The molecular formula is C61H72N8O11S. The van der Waals surface area contributed by atoms with Crippen LogP contribution >= 0.6 is 11.3 Å². The number of allylic oxidation sites excluding steroid dienone is 2. The number of aliphatic hydroxyl groups is 2. The first kappa shape index (κ1) is 57.0. The van der Waals surface area contributed by atoms with Gasteiger partial charge in [-0.05, 0) is 122 Å². The van der Waals surface area contributed by atoms with Crippen molar-refractivity contribution in [1.82, 2.24) is 25.5 Å². The smallest absolute Gasteiger partial charge is 0.409 e. The Kier molecular flexibility index (Phi) is 15.9. The Labute approximate surface area is 474 Å². The number of ether oxygens (including phenoxy) is 3. The molecule has 81 heavy (non-hydrogen) atoms. The number of fused-ring (bicyclic) bond motifs is 2. The van der Waals surface area contributed by atoms with Crippen LogP contribution < -0.4 is 25.6 Å². The molecule has 0 bridgehead atoms. The average molecular weight is 1130 g/mol. The van der Waals surface area contributed by atoms with Gasteiger partial charge in [0.25, 0.3) is 0 Å². The van der Waals surface area contributed by atoms with E-state index in [9.17, 15) is 39.6 Å². The third-order valence-electron chi connectivity index (χ3n) is 17.9. The van der Waals surface area contributed by atoms with Crippen LogP contribution in [-0.2, 0) is 32.0 Å². The molecule has 4 saturated carbocycles. The maximum atomic E-state index is 13.2. The van der Waals surface area contributed by atoms with Gasteiger partial charge in [0.05, 0.1) is 34.2 Å². The molecule has 4 fully saturated rings. The molecule has 428 valence electrons. The Morgan fingerprint density at radius 1 is 0.988 bits per heavy atom. The van der Waals surface area contributed by atoms with E-state index in [1.54, 1.807) is 55.8 Å². The van der Waals surface area contributed by atoms with Gasteiger partial charge in [0.1, 0.15) is 23.2 Å². The number of aliphatic hydroxyl groups excluding tert-OH is 2. The van der Waals surface area contributed by atoms with Gasteiger partial charge in [-0.15, -0.1) is 11.3 Å². The van der Waals surface area contributed by atoms with Crippen LogP contribution in [0, 0.1) is 27.1 Å². The number of para-hydroxylation sites is 1. The minimum absolute atomic E-state index is 0.0169. The maximum Gasteiger partial charge on any atom is 0.409 e. The molecule has 5 aliphatic rings. The van der Waals surface area contributed by atoms with Crippen LogP contribution in [0.3, 0.4) is 0 Å². The third-order valence-corrected chi connectivity index (χ3v) is 19.0. The summed E-state index contributed by atoms with van der Waals surface area (Å²) in [4.78, 5) is 64.2. The first-order valence-corrected chi connectivity index (χ1v) is 28.5. The number of hydrogen-bond acceptors (Lipinski definition) is 16. The van der Waals surface area contributed by atoms with Crippen molar-refractivity contribution in [1.29, 1.82) is 5.41 Å². The van der Waals surface area contributed by atoms with Gasteiger partial charge in [-0.25, -0.2) is 24.4 Å². The summed E-state index contributed by atoms with van der Waals surface area (Å²) in [5, 5.41) is 58.6. The number of carbonyl (C=O) groups excluding carboxylic acids is 2. The highest BCUT2D eigenvalue weighted by Crippen LogP contribution is 3.03. The number of nitrogens with zero attached hydrogens (tertiary/aromatic N) is 4. The van der Waals surface area contributed by atoms with E-state index in [4.69, 9.17) is 29.6 Å². The molecule has 10 rings (SSSR count). The fourth-order valence-corrected chi connectivity index (χ4v) is 16.6. The molecule has 1 spiro atoms. The van der Waals surface area contributed by atoms with Crippen molar-refractivity contribution < 1.29 is 53.8 Å². The van der Waals surface area contributed by atoms with E-state index in [-0.39, 0.29) is 82.8 Å². The number of thiazole rings is 1. The predicted molar refractivity (Wildman–Crippen MR) is 310 cm³/mol. The van der Waals surface area contributed by atoms with Crippen molar-refractivity contribution in [2.75, 3.05) is 70.3 Å². The molecule has 4 aliphatic carbocycles. The molecule has 7 atom stereocenters. The number of carbonyl (C=O) groups is 4. The summed E-state index contributed by atoms with van der Waals surface area (Å²) >= 11 is 1.66. The Hall–Kier alpha value is -7.23. The third kappa shape index (κ3) is 10.1. The Balaban J connectivity index is 0.750. The number of aliphatic carboxylic acids is 1. The minimum atomic E-state index is -1.44. The van der Waals surface area contributed by atoms with Crippen molar-refractivity contribution >= 4 is 74.9 Å². The van der Waals surface area contributed by atoms with Crippen LogP contribution in [0.2, 0.25) is 0 Å². The summed E-state index contributed by atoms with van der Waals surface area (Å²) in [6, 6.07) is 22.9. The van der Waals surface area contributed by atoms with E-state index in [0.717, 1.165) is 58.5 Å². The number of pyridine rings is 1. The van der Waals surface area contributed by atoms with E-state index in [0.29, 0.717) is 67.5 Å². The van der Waals surface area contributed by atoms with E-state index in [2.05, 4.69) is 59.0 Å². The van der Waals surface area contributed by atoms with Gasteiger partial charge in [0.15, 0.2) is 11.8 Å². The monoisotopic (exact) mass is 1120 g/mol. The molecule has 0 radical (unpaired) electrons. The van der Waals surface area contributed by atoms with Gasteiger partial charge < -0.3 is 65.8 Å². The standard InChI is InChI=1S/C61H72N8O11S/c1-37(43(30-62)41-16-18-50(67-52(41)55(75)76)69-23-20-39-11-8-12-42(44(39)31-69)53-66-45-13-6-7-14-49(45)81-53)64-36-59-33-57(2)32-58(3)34-60(35-59,61(57,58)59)79-27-24-68(5)56(77)78-26-9-10-38-15-17-47(46(28-38)65-51(72)19-22-63-4)80-48(54(73)74)29-40(71)21-25-70/h6-18,28,30,40,48,62-64,70-71H,19-27,29,31-36H2,1-5H3,(H,65,72)(H,73,74)(H,75,76)/b10-9+,43-37+,62-30?. The molecule has 5 aromatic rings. The van der Waals surface area contributed by atoms with Crippen molar-refractivity contribution in [2.24, 2.45) is 21.7 Å². The fraction of sp³-hybridized carbons (Fsp3) is 0.459. The number of nitrogens with one attached hydrogen (secondary N) is 4. The fourth-order valence-electron chi connectivity index (χ4n) is 15.5. The number of aromatic carboxylic acids is 1. The van der Waals surface area contributed by atoms with Crippen molar-refractivity contribution in [3.8, 4) is 16.3 Å². The summed E-state index contributed by atoms with van der Waals surface area (Å²) in [5.41, 5.74) is 6.51. The summed E-state index contributed by atoms with van der Waals surface area (Å²) in [5.74, 6) is -2.15. The highest BCUT2D eigenvalue weighted by Gasteiger charge is 3.02. The van der Waals surface area contributed by atoms with E-state index < -0.39 is 30.2 Å². The minimum Gasteiger partial charge on any atom is -0.479 e. The second-order valence-electron chi connectivity index (χ2n) is 23.1. The lowest BCUT2D eigenvalue weighted by Gasteiger charge is -3.02. The number of anilines is 2. The Morgan fingerprint density at radius 2 is 1.79 bits per heavy atom. The normalized spacial score (nSPS) is 24.8. The van der Waals surface area contributed by atoms with Gasteiger partial charge in [-0.3, -0.25) is 4.79 Å². The van der Waals surface area contributed by atoms with Crippen LogP contribution in [0.25, 0.3) is 32.4 Å². The predicted octanol–water partition coefficient (Wildman–Crippen LogP) is 8.24. The first-order chi connectivity index (χ1) is 38.8. The van der Waals surface area contributed by atoms with Crippen LogP contribution in [0.4, 0.5) is 16.3 Å². The van der Waals surface area contributed by atoms with Crippen LogP contribution in [0.1, 0.15) is 98.5 Å². The molecule has 8 N–H and O–H groups in total. The van der Waals surface area contributed by atoms with Crippen molar-refractivity contribution in [3.63, 3.8) is 0 Å². The van der Waals surface area contributed by atoms with Crippen molar-refractivity contribution in [2.45, 2.75) is 96.5 Å². The molecule has 3 heterocycles. The molecule has 7 unspecified atom stereocenters. The SMILES string of the molecule is CNCCC(=O)Nc1cc(/C=C/COC(=O)N(C)CCOC23CC4(C)CC5(C)CC(CN/C(C)=C(\C=N)c6ccc(N7CCc8cccc(-c9nc%10ccccc%10s9)c8C7)nc6C(=O)O)(C2)C543)ccc1OC(CC(O)CCO)C(=O)O. The highest BCUT2D eigenvalue weighted by atomic mass is 32.1. The van der Waals surface area contributed by atoms with Crippen LogP contribution in [-0.4, -0.2) is 143 Å². The van der Waals surface area contributed by atoms with Crippen LogP contribution in [0.5, 0.6) is 5.75 Å². The molecule has 2 aromatic heterocycles. The zero-order valence-corrected chi connectivity index (χ0v) is 47.3. The average Bonchev–Trinajstić information content (AvgIpc) is 0.745. The topological polar surface area (TPSA) is 269 Å². The van der Waals surface area contributed by atoms with Crippen LogP contribution in [0.15, 0.2) is 84.6 Å². The van der Waals surface area contributed by atoms with Gasteiger partial charge in [-0.2, -0.15) is 0 Å². The molecule has 3 aromatic carbocycles. The summed E-state index contributed by atoms with van der Waals surface area (Å²) in [7, 11) is 3.38. The molecule has 0 saturated heterocycles. The highest BCUT2D eigenvalue weighted by molar-refractivity contribution is 7.21. The summed E-state index contributed by atoms with van der Waals surface area (Å²) < 4.78 is 19.3. The second kappa shape index (κ2) is 22.6. The maximum absolute atomic E-state index is 13.2. The van der Waals surface area contributed by atoms with E-state index in [1.807, 2.05) is 31.2 Å². The van der Waals surface area contributed by atoms with E-state index in [1.165, 1.54) is 22.7 Å². The number of aromatic nitrogens is 2. The number of rotatable bonds is 26. The number of hydrogen-bond donors (Lipinski definition) is 8. The Bertz CT molecular complexity index is 3310. The Morgan fingerprint density at radius 3 is 2.52 bits per heavy atom. The zero-order chi connectivity index (χ0) is 57.5. The van der Waals surface area contributed by atoms with E-state index >= 15 is 0 Å². The lowest BCUT2D eigenvalue weighted by Crippen LogP contribution is -3.01. The molecular weight excluding hydrogens is 1050 g/mol. The summed E-state index contributed by atoms with van der Waals surface area (Å²) in [6.07, 6.45) is 6.05. The number of carboxylic acid groups (broad SMARTS) is 2. The largest absolute Gasteiger partial charge is 0.479 e. The van der Waals surface area contributed by atoms with Gasteiger partial charge in [0, 0.05) is 98.7 Å². The zero-order valence-electron chi connectivity index (χ0n) is 46.5. The number of benzene rings is 3. The molecule has 1 aliphatic heterocycles.